The summed E-state index contributed by atoms with van der Waals surface area (Å²) in [4.78, 5) is 34.1. The van der Waals surface area contributed by atoms with Gasteiger partial charge < -0.3 is 14.8 Å². The fourth-order valence-corrected chi connectivity index (χ4v) is 2.07. The minimum absolute atomic E-state index is 0.00305. The molecule has 0 saturated heterocycles. The number of nitro groups is 1. The highest BCUT2D eigenvalue weighted by Crippen LogP contribution is 2.22. The number of halogens is 1. The van der Waals surface area contributed by atoms with Gasteiger partial charge in [-0.2, -0.15) is 4.39 Å². The molecule has 0 fully saturated rings. The van der Waals surface area contributed by atoms with Gasteiger partial charge in [0, 0.05) is 11.8 Å². The predicted octanol–water partition coefficient (Wildman–Crippen LogP) is 2.93. The number of esters is 1. The van der Waals surface area contributed by atoms with E-state index in [4.69, 9.17) is 9.47 Å². The van der Waals surface area contributed by atoms with Crippen LogP contribution in [0.4, 0.5) is 15.8 Å². The first-order valence-electron chi connectivity index (χ1n) is 7.42. The van der Waals surface area contributed by atoms with E-state index in [-0.39, 0.29) is 11.3 Å². The molecule has 0 heterocycles. The van der Waals surface area contributed by atoms with Gasteiger partial charge >= 0.3 is 11.7 Å². The second-order valence-corrected chi connectivity index (χ2v) is 5.16. The molecule has 0 aliphatic rings. The normalized spacial score (nSPS) is 11.3. The van der Waals surface area contributed by atoms with Crippen LogP contribution < -0.4 is 10.1 Å². The van der Waals surface area contributed by atoms with E-state index in [2.05, 4.69) is 5.32 Å². The average molecular weight is 362 g/mol. The number of benzene rings is 2. The second-order valence-electron chi connectivity index (χ2n) is 5.16. The highest BCUT2D eigenvalue weighted by atomic mass is 19.1. The van der Waals surface area contributed by atoms with Crippen molar-refractivity contribution in [3.63, 3.8) is 0 Å². The van der Waals surface area contributed by atoms with Crippen molar-refractivity contribution < 1.29 is 28.4 Å². The van der Waals surface area contributed by atoms with Crippen molar-refractivity contribution in [2.24, 2.45) is 0 Å². The molecule has 1 N–H and O–H groups in total. The molecule has 0 bridgehead atoms. The SMILES string of the molecule is COc1ccccc1C(=O)O[C@H](C)C(=O)Nc1ccc(F)c([N+](=O)[O-])c1. The quantitative estimate of drug-likeness (QED) is 0.481. The fraction of sp³-hybridized carbons (Fsp3) is 0.176. The van der Waals surface area contributed by atoms with Crippen molar-refractivity contribution in [2.45, 2.75) is 13.0 Å². The number of para-hydroxylation sites is 1. The fourth-order valence-electron chi connectivity index (χ4n) is 2.07. The number of hydrogen-bond acceptors (Lipinski definition) is 6. The Morgan fingerprint density at radius 3 is 2.58 bits per heavy atom. The van der Waals surface area contributed by atoms with Crippen LogP contribution in [0.3, 0.4) is 0 Å². The van der Waals surface area contributed by atoms with Crippen molar-refractivity contribution in [3.05, 3.63) is 64.0 Å². The van der Waals surface area contributed by atoms with Gasteiger partial charge in [-0.05, 0) is 31.2 Å². The highest BCUT2D eigenvalue weighted by Gasteiger charge is 2.22. The largest absolute Gasteiger partial charge is 0.496 e. The van der Waals surface area contributed by atoms with Gasteiger partial charge in [-0.1, -0.05) is 12.1 Å². The lowest BCUT2D eigenvalue weighted by atomic mass is 10.2. The molecule has 0 unspecified atom stereocenters. The van der Waals surface area contributed by atoms with Crippen LogP contribution >= 0.6 is 0 Å². The van der Waals surface area contributed by atoms with Crippen molar-refractivity contribution >= 4 is 23.3 Å². The molecule has 1 amide bonds. The minimum atomic E-state index is -1.20. The van der Waals surface area contributed by atoms with Gasteiger partial charge in [-0.15, -0.1) is 0 Å². The van der Waals surface area contributed by atoms with E-state index in [1.807, 2.05) is 0 Å². The third-order valence-electron chi connectivity index (χ3n) is 3.39. The molecule has 136 valence electrons. The Bertz CT molecular complexity index is 855. The molecule has 2 rings (SSSR count). The summed E-state index contributed by atoms with van der Waals surface area (Å²) in [6, 6.07) is 9.24. The maximum absolute atomic E-state index is 13.3. The van der Waals surface area contributed by atoms with Crippen LogP contribution in [0.5, 0.6) is 5.75 Å². The zero-order valence-electron chi connectivity index (χ0n) is 13.9. The summed E-state index contributed by atoms with van der Waals surface area (Å²) in [6.45, 7) is 1.33. The molecule has 0 spiro atoms. The zero-order valence-corrected chi connectivity index (χ0v) is 13.9. The number of amides is 1. The minimum Gasteiger partial charge on any atom is -0.496 e. The van der Waals surface area contributed by atoms with Gasteiger partial charge in [-0.25, -0.2) is 4.79 Å². The van der Waals surface area contributed by atoms with E-state index >= 15 is 0 Å². The predicted molar refractivity (Wildman–Crippen MR) is 89.6 cm³/mol. The Labute approximate surface area is 147 Å². The molecule has 0 aromatic heterocycles. The molecule has 26 heavy (non-hydrogen) atoms. The lowest BCUT2D eigenvalue weighted by Crippen LogP contribution is -2.30. The number of rotatable bonds is 6. The lowest BCUT2D eigenvalue weighted by molar-refractivity contribution is -0.387. The number of carbonyl (C=O) groups is 2. The van der Waals surface area contributed by atoms with E-state index in [1.165, 1.54) is 20.1 Å². The van der Waals surface area contributed by atoms with Gasteiger partial charge in [0.2, 0.25) is 5.82 Å². The van der Waals surface area contributed by atoms with E-state index in [9.17, 15) is 24.1 Å². The van der Waals surface area contributed by atoms with Crippen LogP contribution in [0.1, 0.15) is 17.3 Å². The Balaban J connectivity index is 2.07. The molecule has 1 atom stereocenters. The molecule has 0 radical (unpaired) electrons. The van der Waals surface area contributed by atoms with Crippen LogP contribution in [0, 0.1) is 15.9 Å². The van der Waals surface area contributed by atoms with Crippen LogP contribution in [0.25, 0.3) is 0 Å². The summed E-state index contributed by atoms with van der Waals surface area (Å²) >= 11 is 0. The first-order chi connectivity index (χ1) is 12.3. The Hall–Kier alpha value is -3.49. The van der Waals surface area contributed by atoms with Crippen LogP contribution in [-0.4, -0.2) is 30.0 Å². The summed E-state index contributed by atoms with van der Waals surface area (Å²) in [5, 5.41) is 13.1. The number of nitrogens with zero attached hydrogens (tertiary/aromatic N) is 1. The van der Waals surface area contributed by atoms with E-state index < -0.39 is 34.4 Å². The Morgan fingerprint density at radius 2 is 1.92 bits per heavy atom. The molecular formula is C17H15FN2O6. The highest BCUT2D eigenvalue weighted by molar-refractivity contribution is 5.98. The molecule has 2 aromatic rings. The molecule has 0 aliphatic heterocycles. The number of ether oxygens (including phenoxy) is 2. The van der Waals surface area contributed by atoms with Gasteiger partial charge in [0.1, 0.15) is 11.3 Å². The van der Waals surface area contributed by atoms with Crippen molar-refractivity contribution in [1.29, 1.82) is 0 Å². The molecule has 8 nitrogen and oxygen atoms in total. The van der Waals surface area contributed by atoms with Crippen molar-refractivity contribution in [2.75, 3.05) is 12.4 Å². The summed E-state index contributed by atoms with van der Waals surface area (Å²) in [6.07, 6.45) is -1.20. The monoisotopic (exact) mass is 362 g/mol. The Morgan fingerprint density at radius 1 is 1.23 bits per heavy atom. The lowest BCUT2D eigenvalue weighted by Gasteiger charge is -2.14. The van der Waals surface area contributed by atoms with Gasteiger partial charge in [-0.3, -0.25) is 14.9 Å². The molecule has 0 aliphatic carbocycles. The van der Waals surface area contributed by atoms with E-state index in [1.54, 1.807) is 18.2 Å². The number of methoxy groups -OCH3 is 1. The van der Waals surface area contributed by atoms with E-state index in [0.717, 1.165) is 18.2 Å². The molecular weight excluding hydrogens is 347 g/mol. The summed E-state index contributed by atoms with van der Waals surface area (Å²) in [5.74, 6) is -2.23. The second kappa shape index (κ2) is 8.06. The smallest absolute Gasteiger partial charge is 0.342 e. The third-order valence-corrected chi connectivity index (χ3v) is 3.39. The summed E-state index contributed by atoms with van der Waals surface area (Å²) < 4.78 is 23.4. The van der Waals surface area contributed by atoms with Gasteiger partial charge in [0.15, 0.2) is 6.10 Å². The molecule has 9 heteroatoms. The molecule has 2 aromatic carbocycles. The van der Waals surface area contributed by atoms with Crippen LogP contribution in [0.15, 0.2) is 42.5 Å². The topological polar surface area (TPSA) is 108 Å². The first-order valence-corrected chi connectivity index (χ1v) is 7.42. The van der Waals surface area contributed by atoms with Crippen LogP contribution in [0.2, 0.25) is 0 Å². The average Bonchev–Trinajstić information content (AvgIpc) is 2.62. The standard InChI is InChI=1S/C17H15FN2O6/c1-10(26-17(22)12-5-3-4-6-15(12)25-2)16(21)19-11-7-8-13(18)14(9-11)20(23)24/h3-10H,1-2H3,(H,19,21)/t10-/m1/s1. The number of nitro benzene ring substituents is 1. The maximum atomic E-state index is 13.3. The van der Waals surface area contributed by atoms with Gasteiger partial charge in [0.25, 0.3) is 5.91 Å². The van der Waals surface area contributed by atoms with Crippen molar-refractivity contribution in [1.82, 2.24) is 0 Å². The zero-order chi connectivity index (χ0) is 19.3. The van der Waals surface area contributed by atoms with E-state index in [0.29, 0.717) is 5.75 Å². The molecule has 0 saturated carbocycles. The first kappa shape index (κ1) is 18.8. The third kappa shape index (κ3) is 4.32. The number of hydrogen-bond donors (Lipinski definition) is 1. The van der Waals surface area contributed by atoms with Crippen molar-refractivity contribution in [3.8, 4) is 5.75 Å². The number of nitrogens with one attached hydrogen (secondary N) is 1. The summed E-state index contributed by atoms with van der Waals surface area (Å²) in [5.41, 5.74) is -0.628. The van der Waals surface area contributed by atoms with Crippen LogP contribution in [-0.2, 0) is 9.53 Å². The number of anilines is 1. The Kier molecular flexibility index (Phi) is 5.84. The maximum Gasteiger partial charge on any atom is 0.342 e. The summed E-state index contributed by atoms with van der Waals surface area (Å²) in [7, 11) is 1.39. The number of carbonyl (C=O) groups excluding carboxylic acids is 2. The van der Waals surface area contributed by atoms with Gasteiger partial charge in [0.05, 0.1) is 12.0 Å².